The van der Waals surface area contributed by atoms with Gasteiger partial charge in [-0.3, -0.25) is 0 Å². The lowest BCUT2D eigenvalue weighted by molar-refractivity contribution is 0.781. The Balaban J connectivity index is 2.31. The van der Waals surface area contributed by atoms with E-state index < -0.39 is 0 Å². The van der Waals surface area contributed by atoms with Crippen molar-refractivity contribution in [2.45, 2.75) is 40.0 Å². The molecule has 98 valence electrons. The second kappa shape index (κ2) is 4.81. The summed E-state index contributed by atoms with van der Waals surface area (Å²) in [7, 11) is 0. The van der Waals surface area contributed by atoms with Crippen LogP contribution < -0.4 is 0 Å². The predicted molar refractivity (Wildman–Crippen MR) is 78.6 cm³/mol. The number of aryl methyl sites for hydroxylation is 3. The molecular weight excluding hydrogens is 256 g/mol. The Hall–Kier alpha value is -1.62. The zero-order valence-electron chi connectivity index (χ0n) is 11.4. The van der Waals surface area contributed by atoms with Crippen LogP contribution in [-0.4, -0.2) is 20.2 Å². The van der Waals surface area contributed by atoms with E-state index in [1.54, 1.807) is 17.7 Å². The van der Waals surface area contributed by atoms with Crippen molar-refractivity contribution in [2.24, 2.45) is 0 Å². The van der Waals surface area contributed by atoms with Gasteiger partial charge in [0.2, 0.25) is 0 Å². The first-order valence-corrected chi connectivity index (χ1v) is 7.40. The van der Waals surface area contributed by atoms with Crippen LogP contribution in [0.5, 0.6) is 0 Å². The Bertz CT molecular complexity index is 748. The molecule has 0 bridgehead atoms. The van der Waals surface area contributed by atoms with E-state index in [0.717, 1.165) is 40.0 Å². The average Bonchev–Trinajstić information content (AvgIpc) is 2.80. The fourth-order valence-electron chi connectivity index (χ4n) is 2.25. The standard InChI is InChI=1S/C14H16N4S/c1-4-5-6-10-13-12(16-7-15-10)11-8(2)9(3)17-18-14(11)19-13/h7H,4-6H2,1-3H3. The Kier molecular flexibility index (Phi) is 3.14. The summed E-state index contributed by atoms with van der Waals surface area (Å²) in [4.78, 5) is 9.88. The molecule has 3 aromatic rings. The van der Waals surface area contributed by atoms with E-state index >= 15 is 0 Å². The molecule has 0 saturated heterocycles. The van der Waals surface area contributed by atoms with E-state index in [1.807, 2.05) is 6.92 Å². The highest BCUT2D eigenvalue weighted by Crippen LogP contribution is 2.35. The third-order valence-corrected chi connectivity index (χ3v) is 4.61. The molecule has 0 aliphatic heterocycles. The molecule has 0 aliphatic rings. The molecule has 0 aliphatic carbocycles. The molecule has 0 unspecified atom stereocenters. The van der Waals surface area contributed by atoms with Gasteiger partial charge in [0.15, 0.2) is 0 Å². The van der Waals surface area contributed by atoms with Crippen LogP contribution in [0.1, 0.15) is 36.7 Å². The molecule has 0 aromatic carbocycles. The zero-order chi connectivity index (χ0) is 13.4. The molecule has 3 heterocycles. The van der Waals surface area contributed by atoms with Gasteiger partial charge in [0.25, 0.3) is 0 Å². The van der Waals surface area contributed by atoms with Gasteiger partial charge in [-0.1, -0.05) is 13.3 Å². The Morgan fingerprint density at radius 2 is 2.00 bits per heavy atom. The minimum atomic E-state index is 0.969. The van der Waals surface area contributed by atoms with Gasteiger partial charge in [0.05, 0.1) is 21.6 Å². The largest absolute Gasteiger partial charge is 0.240 e. The van der Waals surface area contributed by atoms with Gasteiger partial charge >= 0.3 is 0 Å². The highest BCUT2D eigenvalue weighted by atomic mass is 32.1. The number of hydrogen-bond donors (Lipinski definition) is 0. The molecule has 0 radical (unpaired) electrons. The van der Waals surface area contributed by atoms with Crippen molar-refractivity contribution in [2.75, 3.05) is 0 Å². The topological polar surface area (TPSA) is 51.6 Å². The van der Waals surface area contributed by atoms with Gasteiger partial charge in [-0.05, 0) is 32.3 Å². The number of rotatable bonds is 3. The van der Waals surface area contributed by atoms with Gasteiger partial charge in [-0.2, -0.15) is 5.10 Å². The molecule has 0 amide bonds. The summed E-state index contributed by atoms with van der Waals surface area (Å²) >= 11 is 1.66. The zero-order valence-corrected chi connectivity index (χ0v) is 12.2. The van der Waals surface area contributed by atoms with Crippen LogP contribution in [0.25, 0.3) is 20.4 Å². The summed E-state index contributed by atoms with van der Waals surface area (Å²) in [6.45, 7) is 6.28. The van der Waals surface area contributed by atoms with Crippen molar-refractivity contribution >= 4 is 31.8 Å². The first-order valence-electron chi connectivity index (χ1n) is 6.58. The smallest absolute Gasteiger partial charge is 0.149 e. The lowest BCUT2D eigenvalue weighted by Gasteiger charge is -2.01. The Morgan fingerprint density at radius 1 is 1.16 bits per heavy atom. The van der Waals surface area contributed by atoms with Crippen molar-refractivity contribution in [1.82, 2.24) is 20.2 Å². The van der Waals surface area contributed by atoms with E-state index in [2.05, 4.69) is 34.0 Å². The fourth-order valence-corrected chi connectivity index (χ4v) is 3.40. The second-order valence-corrected chi connectivity index (χ2v) is 5.79. The SMILES string of the molecule is CCCCc1ncnc2c1sc1nnc(C)c(C)c12. The van der Waals surface area contributed by atoms with Crippen LogP contribution in [0.4, 0.5) is 0 Å². The lowest BCUT2D eigenvalue weighted by atomic mass is 10.1. The van der Waals surface area contributed by atoms with E-state index in [-0.39, 0.29) is 0 Å². The molecule has 19 heavy (non-hydrogen) atoms. The van der Waals surface area contributed by atoms with Crippen molar-refractivity contribution in [3.63, 3.8) is 0 Å². The number of thiophene rings is 1. The second-order valence-electron chi connectivity index (χ2n) is 4.79. The van der Waals surface area contributed by atoms with Crippen molar-refractivity contribution in [3.05, 3.63) is 23.3 Å². The minimum absolute atomic E-state index is 0.969. The first-order chi connectivity index (χ1) is 9.22. The molecule has 0 fully saturated rings. The molecule has 5 heteroatoms. The molecule has 0 spiro atoms. The summed E-state index contributed by atoms with van der Waals surface area (Å²) in [6.07, 6.45) is 5.01. The number of fused-ring (bicyclic) bond motifs is 3. The fraction of sp³-hybridized carbons (Fsp3) is 0.429. The van der Waals surface area contributed by atoms with Gasteiger partial charge in [0.1, 0.15) is 11.2 Å². The lowest BCUT2D eigenvalue weighted by Crippen LogP contribution is -1.93. The molecular formula is C14H16N4S. The third kappa shape index (κ3) is 1.98. The third-order valence-electron chi connectivity index (χ3n) is 3.50. The van der Waals surface area contributed by atoms with Crippen LogP contribution in [0.2, 0.25) is 0 Å². The molecule has 0 saturated carbocycles. The number of nitrogens with zero attached hydrogens (tertiary/aromatic N) is 4. The number of aromatic nitrogens is 4. The van der Waals surface area contributed by atoms with Crippen molar-refractivity contribution in [1.29, 1.82) is 0 Å². The summed E-state index contributed by atoms with van der Waals surface area (Å²) < 4.78 is 1.17. The Labute approximate surface area is 115 Å². The molecule has 3 rings (SSSR count). The minimum Gasteiger partial charge on any atom is -0.240 e. The Morgan fingerprint density at radius 3 is 2.79 bits per heavy atom. The molecule has 3 aromatic heterocycles. The van der Waals surface area contributed by atoms with Gasteiger partial charge in [0, 0.05) is 5.39 Å². The maximum atomic E-state index is 4.47. The quantitative estimate of drug-likeness (QED) is 0.731. The molecule has 0 atom stereocenters. The van der Waals surface area contributed by atoms with Crippen LogP contribution in [0, 0.1) is 13.8 Å². The summed E-state index contributed by atoms with van der Waals surface area (Å²) in [5, 5.41) is 9.65. The van der Waals surface area contributed by atoms with Gasteiger partial charge in [-0.15, -0.1) is 16.4 Å². The maximum absolute atomic E-state index is 4.47. The van der Waals surface area contributed by atoms with Crippen LogP contribution in [0.15, 0.2) is 6.33 Å². The monoisotopic (exact) mass is 272 g/mol. The van der Waals surface area contributed by atoms with Crippen LogP contribution in [0.3, 0.4) is 0 Å². The first kappa shape index (κ1) is 12.4. The number of unbranched alkanes of at least 4 members (excludes halogenated alkanes) is 1. The van der Waals surface area contributed by atoms with E-state index in [9.17, 15) is 0 Å². The van der Waals surface area contributed by atoms with Crippen LogP contribution >= 0.6 is 11.3 Å². The van der Waals surface area contributed by atoms with E-state index in [4.69, 9.17) is 0 Å². The van der Waals surface area contributed by atoms with Crippen molar-refractivity contribution < 1.29 is 0 Å². The summed E-state index contributed by atoms with van der Waals surface area (Å²) in [6, 6.07) is 0. The highest BCUT2D eigenvalue weighted by molar-refractivity contribution is 7.25. The van der Waals surface area contributed by atoms with Crippen LogP contribution in [-0.2, 0) is 6.42 Å². The van der Waals surface area contributed by atoms with Crippen molar-refractivity contribution in [3.8, 4) is 0 Å². The normalized spacial score (nSPS) is 11.5. The van der Waals surface area contributed by atoms with Gasteiger partial charge < -0.3 is 0 Å². The predicted octanol–water partition coefficient (Wildman–Crippen LogP) is 3.59. The summed E-state index contributed by atoms with van der Waals surface area (Å²) in [5.74, 6) is 0. The average molecular weight is 272 g/mol. The molecule has 0 N–H and O–H groups in total. The van der Waals surface area contributed by atoms with E-state index in [0.29, 0.717) is 0 Å². The van der Waals surface area contributed by atoms with Gasteiger partial charge in [-0.25, -0.2) is 9.97 Å². The summed E-state index contributed by atoms with van der Waals surface area (Å²) in [5.41, 5.74) is 4.33. The highest BCUT2D eigenvalue weighted by Gasteiger charge is 2.15. The molecule has 4 nitrogen and oxygen atoms in total. The van der Waals surface area contributed by atoms with E-state index in [1.165, 1.54) is 16.7 Å². The number of hydrogen-bond acceptors (Lipinski definition) is 5. The maximum Gasteiger partial charge on any atom is 0.149 e.